The second-order valence-corrected chi connectivity index (χ2v) is 5.83. The molecule has 1 aromatic rings. The molecule has 1 aromatic carbocycles. The number of hydrogen-bond acceptors (Lipinski definition) is 4. The van der Waals surface area contributed by atoms with Gasteiger partial charge in [-0.2, -0.15) is 0 Å². The van der Waals surface area contributed by atoms with Gasteiger partial charge in [-0.05, 0) is 25.0 Å². The van der Waals surface area contributed by atoms with Crippen LogP contribution in [0.5, 0.6) is 0 Å². The highest BCUT2D eigenvalue weighted by Crippen LogP contribution is 2.11. The second kappa shape index (κ2) is 5.82. The molecule has 0 aliphatic rings. The number of hydrogen-bond donors (Lipinski definition) is 0. The van der Waals surface area contributed by atoms with Gasteiger partial charge >= 0.3 is 5.97 Å². The van der Waals surface area contributed by atoms with E-state index in [0.29, 0.717) is 0 Å². The summed E-state index contributed by atoms with van der Waals surface area (Å²) >= 11 is 0. The van der Waals surface area contributed by atoms with Gasteiger partial charge in [-0.1, -0.05) is 24.3 Å². The first-order valence-electron chi connectivity index (χ1n) is 5.35. The van der Waals surface area contributed by atoms with Crippen LogP contribution >= 0.6 is 0 Å². The minimum absolute atomic E-state index is 0.127. The fourth-order valence-corrected chi connectivity index (χ4v) is 2.78. The van der Waals surface area contributed by atoms with Crippen molar-refractivity contribution in [1.29, 1.82) is 0 Å². The Morgan fingerprint density at radius 2 is 1.94 bits per heavy atom. The second-order valence-electron chi connectivity index (χ2n) is 3.76. The van der Waals surface area contributed by atoms with E-state index < -0.39 is 21.6 Å². The predicted octanol–water partition coefficient (Wildman–Crippen LogP) is 1.47. The molecule has 17 heavy (non-hydrogen) atoms. The van der Waals surface area contributed by atoms with Gasteiger partial charge in [0.25, 0.3) is 0 Å². The number of ether oxygens (including phenoxy) is 1. The maximum atomic E-state index is 11.7. The Morgan fingerprint density at radius 3 is 2.53 bits per heavy atom. The fourth-order valence-electron chi connectivity index (χ4n) is 1.44. The molecular formula is C12H16O4S. The molecule has 0 spiro atoms. The average Bonchev–Trinajstić information content (AvgIpc) is 2.20. The zero-order valence-corrected chi connectivity index (χ0v) is 10.8. The van der Waals surface area contributed by atoms with E-state index in [2.05, 4.69) is 4.74 Å². The van der Waals surface area contributed by atoms with Crippen molar-refractivity contribution >= 4 is 15.8 Å². The summed E-state index contributed by atoms with van der Waals surface area (Å²) < 4.78 is 28.1. The van der Waals surface area contributed by atoms with E-state index >= 15 is 0 Å². The summed E-state index contributed by atoms with van der Waals surface area (Å²) in [4.78, 5) is 11.1. The molecule has 0 heterocycles. The van der Waals surface area contributed by atoms with Crippen LogP contribution in [0.1, 0.15) is 18.1 Å². The molecule has 0 aromatic heterocycles. The summed E-state index contributed by atoms with van der Waals surface area (Å²) in [7, 11) is -3.45. The molecule has 0 saturated heterocycles. The molecule has 0 unspecified atom stereocenters. The molecule has 0 aliphatic carbocycles. The molecular weight excluding hydrogens is 240 g/mol. The summed E-state index contributed by atoms with van der Waals surface area (Å²) in [5, 5.41) is 0. The lowest BCUT2D eigenvalue weighted by Crippen LogP contribution is -2.20. The topological polar surface area (TPSA) is 60.4 Å². The van der Waals surface area contributed by atoms with Gasteiger partial charge in [-0.25, -0.2) is 8.42 Å². The molecule has 5 heteroatoms. The van der Waals surface area contributed by atoms with Crippen LogP contribution in [0.4, 0.5) is 0 Å². The smallest absolute Gasteiger partial charge is 0.321 e. The van der Waals surface area contributed by atoms with Gasteiger partial charge in [0.15, 0.2) is 9.84 Å². The predicted molar refractivity (Wildman–Crippen MR) is 65.3 cm³/mol. The van der Waals surface area contributed by atoms with Crippen LogP contribution in [0.25, 0.3) is 0 Å². The van der Waals surface area contributed by atoms with E-state index in [4.69, 9.17) is 0 Å². The van der Waals surface area contributed by atoms with Gasteiger partial charge in [0, 0.05) is 0 Å². The van der Waals surface area contributed by atoms with Crippen LogP contribution in [0.15, 0.2) is 24.3 Å². The molecule has 1 rings (SSSR count). The zero-order chi connectivity index (χ0) is 12.9. The van der Waals surface area contributed by atoms with Gasteiger partial charge in [0.05, 0.1) is 12.4 Å². The van der Waals surface area contributed by atoms with Crippen LogP contribution < -0.4 is 0 Å². The number of sulfone groups is 1. The van der Waals surface area contributed by atoms with Crippen LogP contribution in [-0.4, -0.2) is 26.7 Å². The first kappa shape index (κ1) is 13.7. The highest BCUT2D eigenvalue weighted by Gasteiger charge is 2.18. The number of benzene rings is 1. The van der Waals surface area contributed by atoms with Gasteiger partial charge in [0.1, 0.15) is 5.75 Å². The fraction of sp³-hybridized carbons (Fsp3) is 0.417. The monoisotopic (exact) mass is 256 g/mol. The van der Waals surface area contributed by atoms with Crippen LogP contribution in [0, 0.1) is 6.92 Å². The Balaban J connectivity index is 2.74. The minimum Gasteiger partial charge on any atom is -0.465 e. The molecule has 0 atom stereocenters. The standard InChI is InChI=1S/C12H16O4S/c1-3-16-12(13)9-17(14,15)8-11-7-5-4-6-10(11)2/h4-7H,3,8-9H2,1-2H3. The van der Waals surface area contributed by atoms with Crippen LogP contribution in [0.3, 0.4) is 0 Å². The van der Waals surface area contributed by atoms with Crippen molar-refractivity contribution in [2.45, 2.75) is 19.6 Å². The molecule has 0 saturated carbocycles. The third kappa shape index (κ3) is 4.56. The van der Waals surface area contributed by atoms with E-state index in [1.165, 1.54) is 0 Å². The molecule has 0 fully saturated rings. The van der Waals surface area contributed by atoms with Crippen molar-refractivity contribution in [3.8, 4) is 0 Å². The molecule has 0 N–H and O–H groups in total. The van der Waals surface area contributed by atoms with Gasteiger partial charge in [-0.3, -0.25) is 4.79 Å². The van der Waals surface area contributed by atoms with E-state index in [-0.39, 0.29) is 12.4 Å². The molecule has 94 valence electrons. The normalized spacial score (nSPS) is 11.2. The summed E-state index contributed by atoms with van der Waals surface area (Å²) in [6.45, 7) is 3.68. The zero-order valence-electron chi connectivity index (χ0n) is 9.97. The maximum absolute atomic E-state index is 11.7. The quantitative estimate of drug-likeness (QED) is 0.749. The Morgan fingerprint density at radius 1 is 1.29 bits per heavy atom. The number of carbonyl (C=O) groups excluding carboxylic acids is 1. The minimum atomic E-state index is -3.45. The number of rotatable bonds is 5. The molecule has 4 nitrogen and oxygen atoms in total. The van der Waals surface area contributed by atoms with Crippen molar-refractivity contribution in [1.82, 2.24) is 0 Å². The maximum Gasteiger partial charge on any atom is 0.321 e. The third-order valence-electron chi connectivity index (χ3n) is 2.28. The molecule has 0 bridgehead atoms. The average molecular weight is 256 g/mol. The van der Waals surface area contributed by atoms with E-state index in [0.717, 1.165) is 11.1 Å². The van der Waals surface area contributed by atoms with Crippen LogP contribution in [0.2, 0.25) is 0 Å². The summed E-state index contributed by atoms with van der Waals surface area (Å²) in [6.07, 6.45) is 0. The van der Waals surface area contributed by atoms with Crippen molar-refractivity contribution in [3.05, 3.63) is 35.4 Å². The summed E-state index contributed by atoms with van der Waals surface area (Å²) in [6, 6.07) is 7.21. The number of aryl methyl sites for hydroxylation is 1. The SMILES string of the molecule is CCOC(=O)CS(=O)(=O)Cc1ccccc1C. The lowest BCUT2D eigenvalue weighted by molar-refractivity contribution is -0.139. The Kier molecular flexibility index (Phi) is 4.69. The first-order valence-corrected chi connectivity index (χ1v) is 7.17. The molecule has 0 radical (unpaired) electrons. The van der Waals surface area contributed by atoms with E-state index in [1.807, 2.05) is 19.1 Å². The third-order valence-corrected chi connectivity index (χ3v) is 3.71. The van der Waals surface area contributed by atoms with Crippen LogP contribution in [-0.2, 0) is 25.1 Å². The highest BCUT2D eigenvalue weighted by atomic mass is 32.2. The largest absolute Gasteiger partial charge is 0.465 e. The number of esters is 1. The molecule has 0 aliphatic heterocycles. The Bertz CT molecular complexity index is 491. The Labute approximate surface area is 102 Å². The highest BCUT2D eigenvalue weighted by molar-refractivity contribution is 7.91. The lowest BCUT2D eigenvalue weighted by Gasteiger charge is -2.06. The van der Waals surface area contributed by atoms with E-state index in [1.54, 1.807) is 19.1 Å². The van der Waals surface area contributed by atoms with E-state index in [9.17, 15) is 13.2 Å². The van der Waals surface area contributed by atoms with Gasteiger partial charge < -0.3 is 4.74 Å². The first-order chi connectivity index (χ1) is 7.94. The van der Waals surface area contributed by atoms with Gasteiger partial charge in [0.2, 0.25) is 0 Å². The summed E-state index contributed by atoms with van der Waals surface area (Å²) in [5.74, 6) is -1.38. The molecule has 0 amide bonds. The van der Waals surface area contributed by atoms with Crippen molar-refractivity contribution in [3.63, 3.8) is 0 Å². The van der Waals surface area contributed by atoms with Gasteiger partial charge in [-0.15, -0.1) is 0 Å². The van der Waals surface area contributed by atoms with Crippen molar-refractivity contribution in [2.24, 2.45) is 0 Å². The van der Waals surface area contributed by atoms with Crippen molar-refractivity contribution in [2.75, 3.05) is 12.4 Å². The Hall–Kier alpha value is -1.36. The lowest BCUT2D eigenvalue weighted by atomic mass is 10.1. The summed E-state index contributed by atoms with van der Waals surface area (Å²) in [5.41, 5.74) is 1.62. The number of carbonyl (C=O) groups is 1. The van der Waals surface area contributed by atoms with Crippen molar-refractivity contribution < 1.29 is 17.9 Å².